The fourth-order valence-electron chi connectivity index (χ4n) is 2.53. The van der Waals surface area contributed by atoms with Crippen molar-refractivity contribution in [2.24, 2.45) is 5.73 Å². The average Bonchev–Trinajstić information content (AvgIpc) is 2.51. The summed E-state index contributed by atoms with van der Waals surface area (Å²) in [5.74, 6) is -0.0372. The van der Waals surface area contributed by atoms with E-state index in [0.717, 1.165) is 23.2 Å². The number of nitrogens with two attached hydrogens (primary N) is 1. The lowest BCUT2D eigenvalue weighted by atomic mass is 9.97. The molecule has 1 heterocycles. The highest BCUT2D eigenvalue weighted by molar-refractivity contribution is 5.93. The molecule has 1 aromatic rings. The Hall–Kier alpha value is -1.63. The third-order valence-electron chi connectivity index (χ3n) is 3.91. The molecule has 0 spiro atoms. The number of aryl methyl sites for hydroxylation is 1. The summed E-state index contributed by atoms with van der Waals surface area (Å²) in [5.41, 5.74) is 8.51. The van der Waals surface area contributed by atoms with Crippen LogP contribution in [0, 0.1) is 0 Å². The normalized spacial score (nSPS) is 15.7. The highest BCUT2D eigenvalue weighted by atomic mass is 35.5. The van der Waals surface area contributed by atoms with Crippen LogP contribution in [0.2, 0.25) is 0 Å². The second-order valence-corrected chi connectivity index (χ2v) is 5.55. The van der Waals surface area contributed by atoms with Gasteiger partial charge in [0, 0.05) is 25.8 Å². The number of amides is 2. The Morgan fingerprint density at radius 3 is 2.83 bits per heavy atom. The average molecular weight is 342 g/mol. The predicted molar refractivity (Wildman–Crippen MR) is 91.7 cm³/mol. The number of rotatable bonds is 6. The molecular formula is C16H24ClN3O3. The molecule has 2 amide bonds. The van der Waals surface area contributed by atoms with Crippen LogP contribution in [-0.2, 0) is 20.7 Å². The van der Waals surface area contributed by atoms with Gasteiger partial charge in [0.05, 0.1) is 18.6 Å². The Bertz CT molecular complexity index is 562. The Kier molecular flexibility index (Phi) is 7.48. The number of benzene rings is 1. The Morgan fingerprint density at radius 2 is 2.17 bits per heavy atom. The summed E-state index contributed by atoms with van der Waals surface area (Å²) in [6, 6.07) is 5.75. The van der Waals surface area contributed by atoms with Gasteiger partial charge in [-0.25, -0.2) is 0 Å². The highest BCUT2D eigenvalue weighted by Gasteiger charge is 2.18. The van der Waals surface area contributed by atoms with E-state index in [-0.39, 0.29) is 42.8 Å². The van der Waals surface area contributed by atoms with E-state index >= 15 is 0 Å². The number of carbonyl (C=O) groups excluding carboxylic acids is 2. The van der Waals surface area contributed by atoms with E-state index in [4.69, 9.17) is 10.5 Å². The zero-order valence-corrected chi connectivity index (χ0v) is 14.2. The van der Waals surface area contributed by atoms with E-state index < -0.39 is 0 Å². The number of hydrogen-bond acceptors (Lipinski definition) is 4. The molecule has 0 aromatic heterocycles. The van der Waals surface area contributed by atoms with Crippen molar-refractivity contribution in [3.05, 3.63) is 29.3 Å². The molecule has 1 aliphatic rings. The quantitative estimate of drug-likeness (QED) is 0.731. The SMILES string of the molecule is COC(CN)CC(=O)NC(C)c1ccc2c(c1)CCC(=O)N2.Cl. The molecule has 0 saturated heterocycles. The Morgan fingerprint density at radius 1 is 1.43 bits per heavy atom. The van der Waals surface area contributed by atoms with Crippen LogP contribution < -0.4 is 16.4 Å². The van der Waals surface area contributed by atoms with Crippen molar-refractivity contribution < 1.29 is 14.3 Å². The minimum absolute atomic E-state index is 0. The largest absolute Gasteiger partial charge is 0.380 e. The third-order valence-corrected chi connectivity index (χ3v) is 3.91. The van der Waals surface area contributed by atoms with E-state index in [1.54, 1.807) is 7.11 Å². The topological polar surface area (TPSA) is 93.4 Å². The lowest BCUT2D eigenvalue weighted by Gasteiger charge is -2.21. The smallest absolute Gasteiger partial charge is 0.224 e. The van der Waals surface area contributed by atoms with Gasteiger partial charge in [0.2, 0.25) is 11.8 Å². The number of carbonyl (C=O) groups is 2. The predicted octanol–water partition coefficient (Wildman–Crippen LogP) is 1.53. The lowest BCUT2D eigenvalue weighted by Crippen LogP contribution is -2.33. The van der Waals surface area contributed by atoms with Crippen molar-refractivity contribution in [2.45, 2.75) is 38.3 Å². The zero-order valence-electron chi connectivity index (χ0n) is 13.4. The Labute approximate surface area is 142 Å². The molecule has 128 valence electrons. The van der Waals surface area contributed by atoms with Crippen LogP contribution in [0.4, 0.5) is 5.69 Å². The van der Waals surface area contributed by atoms with Gasteiger partial charge in [0.25, 0.3) is 0 Å². The first-order chi connectivity index (χ1) is 10.5. The second kappa shape index (κ2) is 8.86. The maximum absolute atomic E-state index is 12.0. The van der Waals surface area contributed by atoms with E-state index in [1.807, 2.05) is 25.1 Å². The van der Waals surface area contributed by atoms with Crippen LogP contribution >= 0.6 is 12.4 Å². The van der Waals surface area contributed by atoms with Gasteiger partial charge in [-0.1, -0.05) is 12.1 Å². The zero-order chi connectivity index (χ0) is 16.1. The molecule has 23 heavy (non-hydrogen) atoms. The summed E-state index contributed by atoms with van der Waals surface area (Å²) in [5, 5.41) is 5.80. The standard InChI is InChI=1S/C16H23N3O3.ClH/c1-10(18-16(21)8-13(9-17)22-2)11-3-5-14-12(7-11)4-6-15(20)19-14;/h3,5,7,10,13H,4,6,8-9,17H2,1-2H3,(H,18,21)(H,19,20);1H. The van der Waals surface area contributed by atoms with E-state index in [0.29, 0.717) is 13.0 Å². The van der Waals surface area contributed by atoms with Crippen molar-refractivity contribution >= 4 is 29.9 Å². The molecule has 0 radical (unpaired) electrons. The molecule has 6 nitrogen and oxygen atoms in total. The maximum Gasteiger partial charge on any atom is 0.224 e. The lowest BCUT2D eigenvalue weighted by molar-refractivity contribution is -0.124. The monoisotopic (exact) mass is 341 g/mol. The summed E-state index contributed by atoms with van der Waals surface area (Å²) in [6.45, 7) is 2.25. The summed E-state index contributed by atoms with van der Waals surface area (Å²) in [6.07, 6.45) is 1.22. The number of anilines is 1. The minimum Gasteiger partial charge on any atom is -0.380 e. The van der Waals surface area contributed by atoms with Gasteiger partial charge in [-0.3, -0.25) is 9.59 Å². The number of nitrogens with one attached hydrogen (secondary N) is 2. The van der Waals surface area contributed by atoms with Crippen molar-refractivity contribution in [3.8, 4) is 0 Å². The summed E-state index contributed by atoms with van der Waals surface area (Å²) in [7, 11) is 1.55. The van der Waals surface area contributed by atoms with Crippen LogP contribution in [0.3, 0.4) is 0 Å². The van der Waals surface area contributed by atoms with E-state index in [2.05, 4.69) is 10.6 Å². The summed E-state index contributed by atoms with van der Waals surface area (Å²) in [4.78, 5) is 23.3. The fraction of sp³-hybridized carbons (Fsp3) is 0.500. The van der Waals surface area contributed by atoms with Crippen LogP contribution in [-0.4, -0.2) is 31.6 Å². The molecular weight excluding hydrogens is 318 g/mol. The van der Waals surface area contributed by atoms with Gasteiger partial charge in [0.15, 0.2) is 0 Å². The van der Waals surface area contributed by atoms with Crippen molar-refractivity contribution in [3.63, 3.8) is 0 Å². The van der Waals surface area contributed by atoms with E-state index in [1.165, 1.54) is 0 Å². The van der Waals surface area contributed by atoms with Gasteiger partial charge in [-0.05, 0) is 30.5 Å². The van der Waals surface area contributed by atoms with Crippen LogP contribution in [0.15, 0.2) is 18.2 Å². The van der Waals surface area contributed by atoms with Crippen LogP contribution in [0.1, 0.15) is 36.9 Å². The van der Waals surface area contributed by atoms with Gasteiger partial charge >= 0.3 is 0 Å². The fourth-order valence-corrected chi connectivity index (χ4v) is 2.53. The molecule has 2 atom stereocenters. The molecule has 7 heteroatoms. The molecule has 1 aromatic carbocycles. The highest BCUT2D eigenvalue weighted by Crippen LogP contribution is 2.26. The number of hydrogen-bond donors (Lipinski definition) is 3. The van der Waals surface area contributed by atoms with Gasteiger partial charge in [-0.15, -0.1) is 12.4 Å². The number of methoxy groups -OCH3 is 1. The summed E-state index contributed by atoms with van der Waals surface area (Å²) < 4.78 is 5.12. The molecule has 0 saturated carbocycles. The van der Waals surface area contributed by atoms with Gasteiger partial charge in [-0.2, -0.15) is 0 Å². The van der Waals surface area contributed by atoms with Crippen molar-refractivity contribution in [1.29, 1.82) is 0 Å². The first-order valence-electron chi connectivity index (χ1n) is 7.48. The number of fused-ring (bicyclic) bond motifs is 1. The molecule has 0 aliphatic carbocycles. The molecule has 1 aliphatic heterocycles. The number of halogens is 1. The second-order valence-electron chi connectivity index (χ2n) is 5.55. The summed E-state index contributed by atoms with van der Waals surface area (Å²) >= 11 is 0. The molecule has 4 N–H and O–H groups in total. The van der Waals surface area contributed by atoms with Gasteiger partial charge in [0.1, 0.15) is 0 Å². The Balaban J connectivity index is 0.00000264. The molecule has 2 rings (SSSR count). The van der Waals surface area contributed by atoms with Gasteiger partial charge < -0.3 is 21.1 Å². The first-order valence-corrected chi connectivity index (χ1v) is 7.48. The molecule has 0 fully saturated rings. The maximum atomic E-state index is 12.0. The van der Waals surface area contributed by atoms with Crippen LogP contribution in [0.25, 0.3) is 0 Å². The van der Waals surface area contributed by atoms with Crippen LogP contribution in [0.5, 0.6) is 0 Å². The first kappa shape index (κ1) is 19.4. The molecule has 0 bridgehead atoms. The minimum atomic E-state index is -0.258. The van der Waals surface area contributed by atoms with Crippen molar-refractivity contribution in [1.82, 2.24) is 5.32 Å². The van der Waals surface area contributed by atoms with Crippen molar-refractivity contribution in [2.75, 3.05) is 19.0 Å². The third kappa shape index (κ3) is 5.20. The number of ether oxygens (including phenoxy) is 1. The van der Waals surface area contributed by atoms with E-state index in [9.17, 15) is 9.59 Å². The molecule has 2 unspecified atom stereocenters.